The highest BCUT2D eigenvalue weighted by Crippen LogP contribution is 2.30. The van der Waals surface area contributed by atoms with Gasteiger partial charge in [0.1, 0.15) is 6.29 Å². The molecule has 0 saturated carbocycles. The summed E-state index contributed by atoms with van der Waals surface area (Å²) in [6.45, 7) is 0.636. The smallest absolute Gasteiger partial charge is 0.161 e. The van der Waals surface area contributed by atoms with E-state index in [2.05, 4.69) is 24.3 Å². The number of carbonyl (C=O) groups is 1. The summed E-state index contributed by atoms with van der Waals surface area (Å²) in [4.78, 5) is 10.9. The van der Waals surface area contributed by atoms with Gasteiger partial charge in [-0.3, -0.25) is 4.79 Å². The number of fused-ring (bicyclic) bond motifs is 1. The van der Waals surface area contributed by atoms with Crippen LogP contribution < -0.4 is 9.47 Å². The van der Waals surface area contributed by atoms with Gasteiger partial charge in [0.05, 0.1) is 13.7 Å². The number of methoxy groups -OCH3 is 1. The highest BCUT2D eigenvalue weighted by molar-refractivity contribution is 5.76. The minimum Gasteiger partial charge on any atom is -0.493 e. The number of ether oxygens (including phenoxy) is 2. The monoisotopic (exact) mass is 296 g/mol. The highest BCUT2D eigenvalue weighted by Gasteiger charge is 2.20. The first-order chi connectivity index (χ1) is 10.8. The molecule has 2 aromatic carbocycles. The van der Waals surface area contributed by atoms with Gasteiger partial charge in [0.2, 0.25) is 0 Å². The van der Waals surface area contributed by atoms with E-state index in [-0.39, 0.29) is 0 Å². The van der Waals surface area contributed by atoms with Crippen LogP contribution in [0.5, 0.6) is 11.5 Å². The molecule has 2 aromatic rings. The predicted molar refractivity (Wildman–Crippen MR) is 85.8 cm³/mol. The third-order valence-electron chi connectivity index (χ3n) is 4.24. The molecule has 22 heavy (non-hydrogen) atoms. The largest absolute Gasteiger partial charge is 0.493 e. The van der Waals surface area contributed by atoms with Crippen LogP contribution in [0.3, 0.4) is 0 Å². The van der Waals surface area contributed by atoms with Gasteiger partial charge in [-0.05, 0) is 54.5 Å². The lowest BCUT2D eigenvalue weighted by Crippen LogP contribution is -2.08. The second-order valence-electron chi connectivity index (χ2n) is 5.71. The molecule has 0 heterocycles. The van der Waals surface area contributed by atoms with Crippen molar-refractivity contribution in [2.24, 2.45) is 5.92 Å². The maximum atomic E-state index is 10.9. The topological polar surface area (TPSA) is 35.5 Å². The van der Waals surface area contributed by atoms with Crippen LogP contribution in [0.2, 0.25) is 0 Å². The summed E-state index contributed by atoms with van der Waals surface area (Å²) in [5.41, 5.74) is 3.53. The number of carbonyl (C=O) groups excluding carboxylic acids is 1. The summed E-state index contributed by atoms with van der Waals surface area (Å²) in [6.07, 6.45) is 4.08. The molecule has 0 bridgehead atoms. The van der Waals surface area contributed by atoms with Crippen LogP contribution >= 0.6 is 0 Å². The number of rotatable bonds is 6. The first-order valence-electron chi connectivity index (χ1n) is 7.63. The number of benzene rings is 2. The van der Waals surface area contributed by atoms with E-state index in [4.69, 9.17) is 9.47 Å². The normalized spacial score (nSPS) is 13.7. The van der Waals surface area contributed by atoms with Crippen LogP contribution in [0.1, 0.15) is 27.9 Å². The Hall–Kier alpha value is -2.29. The Labute approximate surface area is 130 Å². The van der Waals surface area contributed by atoms with Crippen molar-refractivity contribution in [2.75, 3.05) is 13.7 Å². The zero-order chi connectivity index (χ0) is 15.4. The van der Waals surface area contributed by atoms with E-state index in [1.807, 2.05) is 0 Å². The van der Waals surface area contributed by atoms with Crippen molar-refractivity contribution in [1.29, 1.82) is 0 Å². The Balaban J connectivity index is 1.57. The minimum atomic E-state index is 0.601. The van der Waals surface area contributed by atoms with Crippen molar-refractivity contribution in [3.05, 3.63) is 59.2 Å². The molecule has 3 nitrogen and oxygen atoms in total. The summed E-state index contributed by atoms with van der Waals surface area (Å²) in [7, 11) is 1.61. The van der Waals surface area contributed by atoms with Crippen molar-refractivity contribution in [3.8, 4) is 11.5 Å². The lowest BCUT2D eigenvalue weighted by atomic mass is 10.0. The average molecular weight is 296 g/mol. The van der Waals surface area contributed by atoms with Gasteiger partial charge in [-0.2, -0.15) is 0 Å². The van der Waals surface area contributed by atoms with E-state index >= 15 is 0 Å². The van der Waals surface area contributed by atoms with Crippen molar-refractivity contribution >= 4 is 6.29 Å². The molecule has 0 saturated heterocycles. The van der Waals surface area contributed by atoms with Crippen LogP contribution in [0, 0.1) is 5.92 Å². The highest BCUT2D eigenvalue weighted by atomic mass is 16.5. The summed E-state index contributed by atoms with van der Waals surface area (Å²) >= 11 is 0. The Morgan fingerprint density at radius 3 is 2.45 bits per heavy atom. The van der Waals surface area contributed by atoms with E-state index in [1.165, 1.54) is 11.1 Å². The maximum Gasteiger partial charge on any atom is 0.161 e. The summed E-state index contributed by atoms with van der Waals surface area (Å²) in [6, 6.07) is 13.9. The van der Waals surface area contributed by atoms with Gasteiger partial charge in [-0.15, -0.1) is 0 Å². The Bertz CT molecular complexity index is 638. The van der Waals surface area contributed by atoms with E-state index in [0.29, 0.717) is 29.6 Å². The summed E-state index contributed by atoms with van der Waals surface area (Å²) in [5.74, 6) is 1.94. The molecule has 0 aromatic heterocycles. The van der Waals surface area contributed by atoms with Crippen LogP contribution in [0.15, 0.2) is 42.5 Å². The van der Waals surface area contributed by atoms with Crippen LogP contribution in [-0.4, -0.2) is 20.0 Å². The van der Waals surface area contributed by atoms with E-state index in [9.17, 15) is 4.79 Å². The van der Waals surface area contributed by atoms with Gasteiger partial charge in [-0.25, -0.2) is 0 Å². The fraction of sp³-hybridized carbons (Fsp3) is 0.316. The first-order valence-corrected chi connectivity index (χ1v) is 7.63. The lowest BCUT2D eigenvalue weighted by molar-refractivity contribution is 0.112. The molecule has 0 unspecified atom stereocenters. The van der Waals surface area contributed by atoms with Crippen LogP contribution in [0.4, 0.5) is 0 Å². The predicted octanol–water partition coefficient (Wildman–Crippen LogP) is 3.69. The van der Waals surface area contributed by atoms with E-state index < -0.39 is 0 Å². The fourth-order valence-electron chi connectivity index (χ4n) is 3.07. The summed E-state index contributed by atoms with van der Waals surface area (Å²) in [5, 5.41) is 0. The second kappa shape index (κ2) is 6.65. The molecular formula is C19H20O3. The molecule has 0 fully saturated rings. The Morgan fingerprint density at radius 2 is 1.82 bits per heavy atom. The SMILES string of the molecule is COc1ccc(C=O)cc1OCCC1Cc2ccccc2C1. The molecule has 0 atom stereocenters. The van der Waals surface area contributed by atoms with Gasteiger partial charge in [0.25, 0.3) is 0 Å². The van der Waals surface area contributed by atoms with E-state index in [1.54, 1.807) is 25.3 Å². The molecule has 0 aliphatic heterocycles. The zero-order valence-electron chi connectivity index (χ0n) is 12.7. The third-order valence-corrected chi connectivity index (χ3v) is 4.24. The number of aldehydes is 1. The van der Waals surface area contributed by atoms with Crippen molar-refractivity contribution in [2.45, 2.75) is 19.3 Å². The van der Waals surface area contributed by atoms with Gasteiger partial charge in [-0.1, -0.05) is 24.3 Å². The lowest BCUT2D eigenvalue weighted by Gasteiger charge is -2.13. The molecule has 1 aliphatic carbocycles. The van der Waals surface area contributed by atoms with E-state index in [0.717, 1.165) is 25.5 Å². The van der Waals surface area contributed by atoms with Crippen LogP contribution in [-0.2, 0) is 12.8 Å². The molecule has 0 amide bonds. The fourth-order valence-corrected chi connectivity index (χ4v) is 3.07. The molecule has 114 valence electrons. The zero-order valence-corrected chi connectivity index (χ0v) is 12.7. The number of hydrogen-bond donors (Lipinski definition) is 0. The van der Waals surface area contributed by atoms with Gasteiger partial charge >= 0.3 is 0 Å². The molecule has 0 radical (unpaired) electrons. The molecular weight excluding hydrogens is 276 g/mol. The van der Waals surface area contributed by atoms with Crippen molar-refractivity contribution < 1.29 is 14.3 Å². The van der Waals surface area contributed by atoms with Crippen molar-refractivity contribution in [3.63, 3.8) is 0 Å². The summed E-state index contributed by atoms with van der Waals surface area (Å²) < 4.78 is 11.1. The number of hydrogen-bond acceptors (Lipinski definition) is 3. The minimum absolute atomic E-state index is 0.601. The van der Waals surface area contributed by atoms with Gasteiger partial charge in [0, 0.05) is 5.56 Å². The van der Waals surface area contributed by atoms with Crippen molar-refractivity contribution in [1.82, 2.24) is 0 Å². The van der Waals surface area contributed by atoms with Gasteiger partial charge < -0.3 is 9.47 Å². The van der Waals surface area contributed by atoms with Gasteiger partial charge in [0.15, 0.2) is 11.5 Å². The molecule has 1 aliphatic rings. The molecule has 0 spiro atoms. The Morgan fingerprint density at radius 1 is 1.09 bits per heavy atom. The molecule has 3 heteroatoms. The average Bonchev–Trinajstić information content (AvgIpc) is 2.97. The van der Waals surface area contributed by atoms with Crippen LogP contribution in [0.25, 0.3) is 0 Å². The molecule has 0 N–H and O–H groups in total. The third kappa shape index (κ3) is 3.14. The second-order valence-corrected chi connectivity index (χ2v) is 5.71. The molecule has 3 rings (SSSR count). The maximum absolute atomic E-state index is 10.9. The quantitative estimate of drug-likeness (QED) is 0.763. The first kappa shape index (κ1) is 14.6. The Kier molecular flexibility index (Phi) is 4.42. The standard InChI is InChI=1S/C19H20O3/c1-21-18-7-6-15(13-20)12-19(18)22-9-8-14-10-16-4-2-3-5-17(16)11-14/h2-7,12-14H,8-11H2,1H3.